The lowest BCUT2D eigenvalue weighted by atomic mass is 10.1. The number of para-hydroxylation sites is 2. The molecule has 28 heavy (non-hydrogen) atoms. The van der Waals surface area contributed by atoms with E-state index < -0.39 is 6.17 Å². The van der Waals surface area contributed by atoms with Gasteiger partial charge in [-0.05, 0) is 24.3 Å². The number of benzene rings is 2. The van der Waals surface area contributed by atoms with Gasteiger partial charge in [-0.3, -0.25) is 14.4 Å². The molecule has 0 bridgehead atoms. The first kappa shape index (κ1) is 17.4. The molecule has 1 aromatic heterocycles. The Balaban J connectivity index is 1.69. The van der Waals surface area contributed by atoms with Crippen LogP contribution in [0.3, 0.4) is 0 Å². The van der Waals surface area contributed by atoms with Crippen molar-refractivity contribution in [2.24, 2.45) is 4.99 Å². The Hall–Kier alpha value is -2.68. The van der Waals surface area contributed by atoms with Gasteiger partial charge in [-0.15, -0.1) is 0 Å². The molecule has 0 spiro atoms. The summed E-state index contributed by atoms with van der Waals surface area (Å²) in [6, 6.07) is 12.4. The number of anilines is 1. The number of β-amino-alcohol motifs (C(OH)–C–C–N with tert-alkyl or cyclic N) is 1. The fraction of sp³-hybridized carbons (Fsp3) is 0.263. The number of nitrogens with zero attached hydrogens (tertiary/aromatic N) is 5. The van der Waals surface area contributed by atoms with E-state index in [1.807, 2.05) is 38.6 Å². The summed E-state index contributed by atoms with van der Waals surface area (Å²) < 4.78 is 16.7. The maximum Gasteiger partial charge on any atom is 0.216 e. The number of nitrogens with one attached hydrogen (secondary N) is 1. The molecule has 0 aliphatic carbocycles. The summed E-state index contributed by atoms with van der Waals surface area (Å²) in [4.78, 5) is 13.3. The Bertz CT molecular complexity index is 1080. The molecule has 2 aliphatic rings. The van der Waals surface area contributed by atoms with E-state index in [9.17, 15) is 9.50 Å². The van der Waals surface area contributed by atoms with Crippen molar-refractivity contribution in [3.8, 4) is 0 Å². The van der Waals surface area contributed by atoms with Crippen LogP contribution in [0.4, 0.5) is 10.3 Å². The average molecular weight is 401 g/mol. The number of fused-ring (bicyclic) bond motifs is 5. The number of imidazole rings is 1. The van der Waals surface area contributed by atoms with E-state index in [1.165, 1.54) is 6.07 Å². The van der Waals surface area contributed by atoms with Crippen LogP contribution in [-0.4, -0.2) is 52.0 Å². The van der Waals surface area contributed by atoms with Gasteiger partial charge in [0.15, 0.2) is 0 Å². The first-order valence-corrected chi connectivity index (χ1v) is 9.37. The van der Waals surface area contributed by atoms with E-state index in [0.717, 1.165) is 11.0 Å². The summed E-state index contributed by atoms with van der Waals surface area (Å²) in [6.45, 7) is 1.56. The molecular formula is C19H18ClFN6O. The van der Waals surface area contributed by atoms with Gasteiger partial charge in [-0.2, -0.15) is 0 Å². The Morgan fingerprint density at radius 1 is 1.25 bits per heavy atom. The Morgan fingerprint density at radius 2 is 2.11 bits per heavy atom. The summed E-state index contributed by atoms with van der Waals surface area (Å²) in [5, 5.41) is 13.0. The van der Waals surface area contributed by atoms with Gasteiger partial charge in [-0.25, -0.2) is 14.4 Å². The second-order valence-electron chi connectivity index (χ2n) is 6.79. The molecule has 7 nitrogen and oxygen atoms in total. The first-order chi connectivity index (χ1) is 13.7. The minimum Gasteiger partial charge on any atom is -0.395 e. The maximum absolute atomic E-state index is 14.8. The fourth-order valence-corrected chi connectivity index (χ4v) is 3.89. The number of aliphatic imine (C=N–C) groups is 1. The van der Waals surface area contributed by atoms with Crippen molar-refractivity contribution >= 4 is 34.5 Å². The molecule has 0 saturated heterocycles. The highest BCUT2D eigenvalue weighted by molar-refractivity contribution is 6.30. The molecule has 2 aliphatic heterocycles. The zero-order chi connectivity index (χ0) is 19.3. The van der Waals surface area contributed by atoms with Crippen LogP contribution in [0.5, 0.6) is 0 Å². The van der Waals surface area contributed by atoms with Crippen LogP contribution in [0.25, 0.3) is 11.0 Å². The van der Waals surface area contributed by atoms with Gasteiger partial charge < -0.3 is 10.4 Å². The molecule has 2 N–H and O–H groups in total. The van der Waals surface area contributed by atoms with E-state index in [-0.39, 0.29) is 12.4 Å². The van der Waals surface area contributed by atoms with Gasteiger partial charge in [0.2, 0.25) is 11.9 Å². The largest absolute Gasteiger partial charge is 0.395 e. The number of halogens is 2. The molecule has 3 aromatic rings. The van der Waals surface area contributed by atoms with Gasteiger partial charge in [-0.1, -0.05) is 29.8 Å². The van der Waals surface area contributed by atoms with Crippen LogP contribution < -0.4 is 10.2 Å². The topological polar surface area (TPSA) is 68.9 Å². The highest BCUT2D eigenvalue weighted by Gasteiger charge is 2.36. The quantitative estimate of drug-likeness (QED) is 0.706. The van der Waals surface area contributed by atoms with Crippen LogP contribution in [0.1, 0.15) is 11.7 Å². The van der Waals surface area contributed by atoms with Crippen molar-refractivity contribution < 1.29 is 9.50 Å². The molecule has 0 fully saturated rings. The molecule has 0 amide bonds. The third-order valence-corrected chi connectivity index (χ3v) is 5.27. The zero-order valence-corrected chi connectivity index (χ0v) is 15.6. The SMILES string of the molecule is OCCN1CN=C2NC(c3ccc(Cl)cc3F)n3c(nc4ccccc43)N2C1. The zero-order valence-electron chi connectivity index (χ0n) is 14.9. The van der Waals surface area contributed by atoms with Crippen LogP contribution in [0, 0.1) is 5.82 Å². The first-order valence-electron chi connectivity index (χ1n) is 8.99. The molecule has 3 heterocycles. The molecule has 0 radical (unpaired) electrons. The predicted octanol–water partition coefficient (Wildman–Crippen LogP) is 2.36. The van der Waals surface area contributed by atoms with E-state index in [1.54, 1.807) is 12.1 Å². The van der Waals surface area contributed by atoms with Gasteiger partial charge >= 0.3 is 0 Å². The van der Waals surface area contributed by atoms with Crippen molar-refractivity contribution in [1.82, 2.24) is 19.8 Å². The highest BCUT2D eigenvalue weighted by Crippen LogP contribution is 2.35. The fourth-order valence-electron chi connectivity index (χ4n) is 3.73. The van der Waals surface area contributed by atoms with Gasteiger partial charge in [0, 0.05) is 17.1 Å². The third-order valence-electron chi connectivity index (χ3n) is 5.03. The highest BCUT2D eigenvalue weighted by atomic mass is 35.5. The predicted molar refractivity (Wildman–Crippen MR) is 106 cm³/mol. The molecule has 1 atom stereocenters. The minimum absolute atomic E-state index is 0.0567. The Labute approximate surface area is 165 Å². The molecule has 2 aromatic carbocycles. The van der Waals surface area contributed by atoms with Crippen LogP contribution >= 0.6 is 11.6 Å². The lowest BCUT2D eigenvalue weighted by molar-refractivity contribution is 0.195. The summed E-state index contributed by atoms with van der Waals surface area (Å²) >= 11 is 5.95. The number of aliphatic hydroxyl groups excluding tert-OH is 1. The Morgan fingerprint density at radius 3 is 2.93 bits per heavy atom. The second-order valence-corrected chi connectivity index (χ2v) is 7.23. The van der Waals surface area contributed by atoms with Crippen LogP contribution in [0.15, 0.2) is 47.5 Å². The van der Waals surface area contributed by atoms with Crippen LogP contribution in [0.2, 0.25) is 5.02 Å². The smallest absolute Gasteiger partial charge is 0.216 e. The average Bonchev–Trinajstić information content (AvgIpc) is 3.08. The summed E-state index contributed by atoms with van der Waals surface area (Å²) in [5.41, 5.74) is 2.18. The van der Waals surface area contributed by atoms with Crippen LogP contribution in [-0.2, 0) is 0 Å². The molecule has 5 rings (SSSR count). The lowest BCUT2D eigenvalue weighted by Gasteiger charge is -2.41. The van der Waals surface area contributed by atoms with Gasteiger partial charge in [0.25, 0.3) is 0 Å². The molecule has 1 unspecified atom stereocenters. The van der Waals surface area contributed by atoms with E-state index >= 15 is 0 Å². The van der Waals surface area contributed by atoms with E-state index in [2.05, 4.69) is 10.3 Å². The van der Waals surface area contributed by atoms with Gasteiger partial charge in [0.05, 0.1) is 31.0 Å². The number of hydrogen-bond donors (Lipinski definition) is 2. The normalized spacial score (nSPS) is 19.2. The van der Waals surface area contributed by atoms with E-state index in [4.69, 9.17) is 16.6 Å². The standard InChI is InChI=1S/C19H18ClFN6O/c20-12-5-6-13(14(21)9-12)17-24-18-22-10-25(7-8-28)11-26(18)19-23-15-3-1-2-4-16(15)27(17)19/h1-6,9,17,28H,7-8,10-11H2,(H,22,24). The maximum atomic E-state index is 14.8. The van der Waals surface area contributed by atoms with Crippen molar-refractivity contribution in [3.63, 3.8) is 0 Å². The van der Waals surface area contributed by atoms with Gasteiger partial charge in [0.1, 0.15) is 12.0 Å². The van der Waals surface area contributed by atoms with Crippen molar-refractivity contribution in [2.45, 2.75) is 6.17 Å². The molecule has 9 heteroatoms. The molecular weight excluding hydrogens is 383 g/mol. The van der Waals surface area contributed by atoms with Crippen molar-refractivity contribution in [2.75, 3.05) is 31.4 Å². The number of guanidine groups is 1. The molecule has 0 saturated carbocycles. The Kier molecular flexibility index (Phi) is 4.19. The number of rotatable bonds is 3. The summed E-state index contributed by atoms with van der Waals surface area (Å²) in [6.07, 6.45) is -0.501. The second kappa shape index (κ2) is 6.73. The molecule has 144 valence electrons. The van der Waals surface area contributed by atoms with Crippen molar-refractivity contribution in [1.29, 1.82) is 0 Å². The summed E-state index contributed by atoms with van der Waals surface area (Å²) in [5.74, 6) is 0.928. The van der Waals surface area contributed by atoms with Crippen molar-refractivity contribution in [3.05, 3.63) is 58.9 Å². The minimum atomic E-state index is -0.501. The monoisotopic (exact) mass is 400 g/mol. The van der Waals surface area contributed by atoms with E-state index in [0.29, 0.717) is 42.4 Å². The lowest BCUT2D eigenvalue weighted by Crippen LogP contribution is -2.57. The number of aliphatic hydroxyl groups is 1. The number of aromatic nitrogens is 2. The summed E-state index contributed by atoms with van der Waals surface area (Å²) in [7, 11) is 0. The third kappa shape index (κ3) is 2.72. The number of hydrogen-bond acceptors (Lipinski definition) is 6.